The Kier molecular flexibility index (Phi) is 3.66. The van der Waals surface area contributed by atoms with Gasteiger partial charge in [0.2, 0.25) is 11.8 Å². The third-order valence-corrected chi connectivity index (χ3v) is 2.75. The van der Waals surface area contributed by atoms with E-state index in [1.54, 1.807) is 12.1 Å². The summed E-state index contributed by atoms with van der Waals surface area (Å²) in [6.07, 6.45) is 0.864. The third kappa shape index (κ3) is 2.21. The van der Waals surface area contributed by atoms with Crippen molar-refractivity contribution in [2.75, 3.05) is 0 Å². The molecule has 0 bridgehead atoms. The Balaban J connectivity index is 3.44. The van der Waals surface area contributed by atoms with Crippen LogP contribution >= 0.6 is 0 Å². The van der Waals surface area contributed by atoms with Crippen molar-refractivity contribution in [3.8, 4) is 0 Å². The molecular weight excluding hydrogens is 204 g/mol. The minimum Gasteiger partial charge on any atom is -0.366 e. The largest absolute Gasteiger partial charge is 0.366 e. The van der Waals surface area contributed by atoms with Gasteiger partial charge in [-0.15, -0.1) is 0 Å². The van der Waals surface area contributed by atoms with E-state index in [1.165, 1.54) is 6.07 Å². The van der Waals surface area contributed by atoms with Crippen LogP contribution in [-0.2, 0) is 0 Å². The average molecular weight is 220 g/mol. The number of primary amides is 2. The molecular formula is C12H16N2O2. The van der Waals surface area contributed by atoms with Crippen LogP contribution in [0, 0.1) is 0 Å². The fraction of sp³-hybridized carbons (Fsp3) is 0.333. The SMILES string of the molecule is CCC(C)c1cccc(C(N)=O)c1C(N)=O. The standard InChI is InChI=1S/C12H16N2O2/c1-3-7(2)8-5-4-6-9(11(13)15)10(8)12(14)16/h4-7H,3H2,1-2H3,(H2,13,15)(H2,14,16). The van der Waals surface area contributed by atoms with Crippen LogP contribution in [0.1, 0.15) is 52.5 Å². The first kappa shape index (κ1) is 12.2. The molecule has 0 aliphatic carbocycles. The van der Waals surface area contributed by atoms with Gasteiger partial charge in [-0.1, -0.05) is 26.0 Å². The van der Waals surface area contributed by atoms with Crippen LogP contribution in [-0.4, -0.2) is 11.8 Å². The van der Waals surface area contributed by atoms with Crippen molar-refractivity contribution < 1.29 is 9.59 Å². The summed E-state index contributed by atoms with van der Waals surface area (Å²) < 4.78 is 0. The number of carbonyl (C=O) groups is 2. The zero-order chi connectivity index (χ0) is 12.3. The summed E-state index contributed by atoms with van der Waals surface area (Å²) in [6.45, 7) is 3.99. The summed E-state index contributed by atoms with van der Waals surface area (Å²) >= 11 is 0. The molecule has 1 unspecified atom stereocenters. The molecule has 4 N–H and O–H groups in total. The number of hydrogen-bond acceptors (Lipinski definition) is 2. The van der Waals surface area contributed by atoms with E-state index in [1.807, 2.05) is 13.8 Å². The van der Waals surface area contributed by atoms with Gasteiger partial charge in [0.15, 0.2) is 0 Å². The highest BCUT2D eigenvalue weighted by molar-refractivity contribution is 6.07. The van der Waals surface area contributed by atoms with Crippen LogP contribution in [0.4, 0.5) is 0 Å². The molecule has 4 heteroatoms. The highest BCUT2D eigenvalue weighted by atomic mass is 16.2. The van der Waals surface area contributed by atoms with E-state index in [0.29, 0.717) is 0 Å². The Morgan fingerprint density at radius 2 is 1.88 bits per heavy atom. The molecule has 0 spiro atoms. The minimum absolute atomic E-state index is 0.168. The molecule has 0 fully saturated rings. The van der Waals surface area contributed by atoms with E-state index in [-0.39, 0.29) is 17.0 Å². The molecule has 2 amide bonds. The Bertz CT molecular complexity index is 427. The van der Waals surface area contributed by atoms with Gasteiger partial charge in [-0.05, 0) is 24.0 Å². The van der Waals surface area contributed by atoms with Gasteiger partial charge in [0.25, 0.3) is 0 Å². The van der Waals surface area contributed by atoms with Gasteiger partial charge in [-0.25, -0.2) is 0 Å². The van der Waals surface area contributed by atoms with E-state index in [4.69, 9.17) is 11.5 Å². The van der Waals surface area contributed by atoms with Gasteiger partial charge in [-0.2, -0.15) is 0 Å². The Labute approximate surface area is 94.6 Å². The van der Waals surface area contributed by atoms with Crippen LogP contribution in [0.25, 0.3) is 0 Å². The molecule has 16 heavy (non-hydrogen) atoms. The second-order valence-corrected chi connectivity index (χ2v) is 3.81. The zero-order valence-electron chi connectivity index (χ0n) is 9.49. The van der Waals surface area contributed by atoms with Gasteiger partial charge < -0.3 is 11.5 Å². The van der Waals surface area contributed by atoms with Crippen LogP contribution in [0.15, 0.2) is 18.2 Å². The summed E-state index contributed by atoms with van der Waals surface area (Å²) in [5.41, 5.74) is 11.8. The van der Waals surface area contributed by atoms with Gasteiger partial charge in [-0.3, -0.25) is 9.59 Å². The smallest absolute Gasteiger partial charge is 0.249 e. The first-order valence-electron chi connectivity index (χ1n) is 5.21. The fourth-order valence-electron chi connectivity index (χ4n) is 1.68. The molecule has 4 nitrogen and oxygen atoms in total. The van der Waals surface area contributed by atoms with Crippen molar-refractivity contribution in [2.24, 2.45) is 11.5 Å². The van der Waals surface area contributed by atoms with Gasteiger partial charge in [0, 0.05) is 0 Å². The van der Waals surface area contributed by atoms with Crippen LogP contribution < -0.4 is 11.5 Å². The Hall–Kier alpha value is -1.84. The zero-order valence-corrected chi connectivity index (χ0v) is 9.49. The van der Waals surface area contributed by atoms with E-state index >= 15 is 0 Å². The van der Waals surface area contributed by atoms with E-state index in [2.05, 4.69) is 0 Å². The molecule has 0 aliphatic rings. The second-order valence-electron chi connectivity index (χ2n) is 3.81. The number of amides is 2. The lowest BCUT2D eigenvalue weighted by Gasteiger charge is -2.15. The molecule has 0 aromatic heterocycles. The number of benzene rings is 1. The topological polar surface area (TPSA) is 86.2 Å². The van der Waals surface area contributed by atoms with Crippen molar-refractivity contribution in [2.45, 2.75) is 26.2 Å². The highest BCUT2D eigenvalue weighted by Crippen LogP contribution is 2.24. The van der Waals surface area contributed by atoms with E-state index in [0.717, 1.165) is 12.0 Å². The maximum atomic E-state index is 11.4. The summed E-state index contributed by atoms with van der Waals surface area (Å²) in [6, 6.07) is 5.04. The molecule has 0 radical (unpaired) electrons. The second kappa shape index (κ2) is 4.79. The predicted octanol–water partition coefficient (Wildman–Crippen LogP) is 1.40. The molecule has 1 rings (SSSR count). The summed E-state index contributed by atoms with van der Waals surface area (Å²) in [7, 11) is 0. The maximum absolute atomic E-state index is 11.4. The molecule has 1 aromatic rings. The fourth-order valence-corrected chi connectivity index (χ4v) is 1.68. The Morgan fingerprint density at radius 1 is 1.25 bits per heavy atom. The minimum atomic E-state index is -0.626. The summed E-state index contributed by atoms with van der Waals surface area (Å²) in [5, 5.41) is 0. The molecule has 1 atom stereocenters. The van der Waals surface area contributed by atoms with Crippen molar-refractivity contribution in [1.29, 1.82) is 0 Å². The van der Waals surface area contributed by atoms with Gasteiger partial charge in [0.1, 0.15) is 0 Å². The molecule has 0 aliphatic heterocycles. The summed E-state index contributed by atoms with van der Waals surface area (Å²) in [4.78, 5) is 22.6. The lowest BCUT2D eigenvalue weighted by molar-refractivity contribution is 0.0966. The van der Waals surface area contributed by atoms with Crippen LogP contribution in [0.5, 0.6) is 0 Å². The van der Waals surface area contributed by atoms with Gasteiger partial charge >= 0.3 is 0 Å². The Morgan fingerprint density at radius 3 is 2.31 bits per heavy atom. The maximum Gasteiger partial charge on any atom is 0.249 e. The molecule has 0 heterocycles. The first-order valence-corrected chi connectivity index (χ1v) is 5.21. The molecule has 1 aromatic carbocycles. The molecule has 86 valence electrons. The number of carbonyl (C=O) groups excluding carboxylic acids is 2. The van der Waals surface area contributed by atoms with Crippen molar-refractivity contribution in [3.05, 3.63) is 34.9 Å². The van der Waals surface area contributed by atoms with Gasteiger partial charge in [0.05, 0.1) is 11.1 Å². The third-order valence-electron chi connectivity index (χ3n) is 2.75. The molecule has 0 saturated carbocycles. The first-order chi connectivity index (χ1) is 7.49. The van der Waals surface area contributed by atoms with Crippen molar-refractivity contribution >= 4 is 11.8 Å². The highest BCUT2D eigenvalue weighted by Gasteiger charge is 2.19. The quantitative estimate of drug-likeness (QED) is 0.803. The van der Waals surface area contributed by atoms with E-state index < -0.39 is 11.8 Å². The monoisotopic (exact) mass is 220 g/mol. The number of rotatable bonds is 4. The number of hydrogen-bond donors (Lipinski definition) is 2. The average Bonchev–Trinajstić information content (AvgIpc) is 2.26. The lowest BCUT2D eigenvalue weighted by Crippen LogP contribution is -2.23. The van der Waals surface area contributed by atoms with E-state index in [9.17, 15) is 9.59 Å². The van der Waals surface area contributed by atoms with Crippen LogP contribution in [0.3, 0.4) is 0 Å². The normalized spacial score (nSPS) is 12.1. The van der Waals surface area contributed by atoms with Crippen molar-refractivity contribution in [1.82, 2.24) is 0 Å². The van der Waals surface area contributed by atoms with Crippen molar-refractivity contribution in [3.63, 3.8) is 0 Å². The molecule has 0 saturated heterocycles. The summed E-state index contributed by atoms with van der Waals surface area (Å²) in [5.74, 6) is -1.06. The van der Waals surface area contributed by atoms with Crippen LogP contribution in [0.2, 0.25) is 0 Å². The predicted molar refractivity (Wildman–Crippen MR) is 62.2 cm³/mol. The lowest BCUT2D eigenvalue weighted by atomic mass is 9.90. The number of nitrogens with two attached hydrogens (primary N) is 2.